The second kappa shape index (κ2) is 7.59. The van der Waals surface area contributed by atoms with E-state index in [0.29, 0.717) is 25.9 Å². The van der Waals surface area contributed by atoms with E-state index in [4.69, 9.17) is 0 Å². The molecule has 0 bridgehead atoms. The Kier molecular flexibility index (Phi) is 5.77. The number of aliphatic hydroxyl groups is 1. The van der Waals surface area contributed by atoms with E-state index in [1.165, 1.54) is 0 Å². The summed E-state index contributed by atoms with van der Waals surface area (Å²) in [7, 11) is 0. The minimum Gasteiger partial charge on any atom is -0.393 e. The van der Waals surface area contributed by atoms with Crippen LogP contribution in [0, 0.1) is 18.8 Å². The first-order valence-electron chi connectivity index (χ1n) is 8.24. The fourth-order valence-electron chi connectivity index (χ4n) is 2.70. The van der Waals surface area contributed by atoms with Crippen molar-refractivity contribution in [2.24, 2.45) is 11.8 Å². The van der Waals surface area contributed by atoms with Crippen LogP contribution in [0.2, 0.25) is 0 Å². The first kappa shape index (κ1) is 17.5. The van der Waals surface area contributed by atoms with Gasteiger partial charge in [0, 0.05) is 18.8 Å². The molecule has 1 aliphatic rings. The molecule has 2 N–H and O–H groups in total. The van der Waals surface area contributed by atoms with E-state index in [-0.39, 0.29) is 17.7 Å². The predicted octanol–water partition coefficient (Wildman–Crippen LogP) is 1.87. The maximum absolute atomic E-state index is 12.5. The molecule has 2 atom stereocenters. The molecule has 23 heavy (non-hydrogen) atoms. The van der Waals surface area contributed by atoms with E-state index in [1.807, 2.05) is 45.0 Å². The van der Waals surface area contributed by atoms with Crippen LogP contribution in [0.25, 0.3) is 0 Å². The van der Waals surface area contributed by atoms with Crippen molar-refractivity contribution in [1.29, 1.82) is 0 Å². The average molecular weight is 318 g/mol. The van der Waals surface area contributed by atoms with Crippen molar-refractivity contribution < 1.29 is 14.7 Å². The second-order valence-electron chi connectivity index (χ2n) is 6.56. The van der Waals surface area contributed by atoms with Crippen LogP contribution in [-0.2, 0) is 9.59 Å². The summed E-state index contributed by atoms with van der Waals surface area (Å²) in [5, 5.41) is 12.5. The lowest BCUT2D eigenvalue weighted by Crippen LogP contribution is -2.38. The van der Waals surface area contributed by atoms with Crippen LogP contribution in [0.1, 0.15) is 32.3 Å². The normalized spacial score (nSPS) is 19.3. The third kappa shape index (κ3) is 4.32. The van der Waals surface area contributed by atoms with Crippen LogP contribution >= 0.6 is 0 Å². The number of rotatable bonds is 6. The van der Waals surface area contributed by atoms with E-state index in [1.54, 1.807) is 4.90 Å². The second-order valence-corrected chi connectivity index (χ2v) is 6.56. The van der Waals surface area contributed by atoms with Gasteiger partial charge in [0.05, 0.1) is 6.10 Å². The lowest BCUT2D eigenvalue weighted by molar-refractivity contribution is -0.132. The summed E-state index contributed by atoms with van der Waals surface area (Å²) in [4.78, 5) is 26.3. The maximum Gasteiger partial charge on any atom is 0.239 e. The van der Waals surface area contributed by atoms with Gasteiger partial charge in [-0.2, -0.15) is 0 Å². The molecular weight excluding hydrogens is 292 g/mol. The number of amides is 2. The lowest BCUT2D eigenvalue weighted by atomic mass is 10.0. The highest BCUT2D eigenvalue weighted by molar-refractivity contribution is 6.09. The molecular formula is C18H26N2O3. The molecule has 1 aromatic carbocycles. The molecule has 1 saturated heterocycles. The Morgan fingerprint density at radius 3 is 2.61 bits per heavy atom. The van der Waals surface area contributed by atoms with Crippen molar-refractivity contribution in [1.82, 2.24) is 5.32 Å². The Morgan fingerprint density at radius 2 is 2.00 bits per heavy atom. The summed E-state index contributed by atoms with van der Waals surface area (Å²) < 4.78 is 0. The molecule has 0 aromatic heterocycles. The first-order valence-corrected chi connectivity index (χ1v) is 8.24. The molecule has 0 aliphatic carbocycles. The van der Waals surface area contributed by atoms with Gasteiger partial charge in [-0.3, -0.25) is 9.59 Å². The van der Waals surface area contributed by atoms with E-state index in [0.717, 1.165) is 11.3 Å². The SMILES string of the molecule is Cc1ccc(N2CCC(C(=O)NCCC(O)C(C)C)C2=O)cc1. The number of hydrogen-bond donors (Lipinski definition) is 2. The summed E-state index contributed by atoms with van der Waals surface area (Å²) in [6.07, 6.45) is 0.607. The van der Waals surface area contributed by atoms with Crippen molar-refractivity contribution in [2.75, 3.05) is 18.0 Å². The van der Waals surface area contributed by atoms with E-state index in [9.17, 15) is 14.7 Å². The van der Waals surface area contributed by atoms with Crippen LogP contribution in [-0.4, -0.2) is 36.1 Å². The molecule has 126 valence electrons. The van der Waals surface area contributed by atoms with Gasteiger partial charge in [0.25, 0.3) is 0 Å². The minimum atomic E-state index is -0.618. The quantitative estimate of drug-likeness (QED) is 0.787. The molecule has 1 aliphatic heterocycles. The fourth-order valence-corrected chi connectivity index (χ4v) is 2.70. The standard InChI is InChI=1S/C18H26N2O3/c1-12(2)16(21)8-10-19-17(22)15-9-11-20(18(15)23)14-6-4-13(3)5-7-14/h4-7,12,15-16,21H,8-11H2,1-3H3,(H,19,22). The third-order valence-electron chi connectivity index (χ3n) is 4.38. The fraction of sp³-hybridized carbons (Fsp3) is 0.556. The molecule has 5 heteroatoms. The Balaban J connectivity index is 1.88. The Hall–Kier alpha value is -1.88. The Labute approximate surface area is 137 Å². The van der Waals surface area contributed by atoms with Gasteiger partial charge in [-0.05, 0) is 37.8 Å². The number of nitrogens with zero attached hydrogens (tertiary/aromatic N) is 1. The van der Waals surface area contributed by atoms with Crippen LogP contribution in [0.15, 0.2) is 24.3 Å². The molecule has 2 amide bonds. The van der Waals surface area contributed by atoms with Gasteiger partial charge in [-0.15, -0.1) is 0 Å². The highest BCUT2D eigenvalue weighted by atomic mass is 16.3. The zero-order valence-corrected chi connectivity index (χ0v) is 14.1. The van der Waals surface area contributed by atoms with Gasteiger partial charge in [0.2, 0.25) is 11.8 Å². The number of benzene rings is 1. The van der Waals surface area contributed by atoms with Crippen molar-refractivity contribution >= 4 is 17.5 Å². The van der Waals surface area contributed by atoms with Gasteiger partial charge < -0.3 is 15.3 Å². The van der Waals surface area contributed by atoms with Crippen molar-refractivity contribution in [3.05, 3.63) is 29.8 Å². The average Bonchev–Trinajstić information content (AvgIpc) is 2.89. The summed E-state index contributed by atoms with van der Waals surface area (Å²) in [5.74, 6) is -0.833. The molecule has 0 spiro atoms. The number of anilines is 1. The third-order valence-corrected chi connectivity index (χ3v) is 4.38. The monoisotopic (exact) mass is 318 g/mol. The maximum atomic E-state index is 12.5. The summed E-state index contributed by atoms with van der Waals surface area (Å²) in [6.45, 7) is 6.83. The Morgan fingerprint density at radius 1 is 1.35 bits per heavy atom. The smallest absolute Gasteiger partial charge is 0.239 e. The van der Waals surface area contributed by atoms with Crippen molar-refractivity contribution in [3.8, 4) is 0 Å². The molecule has 1 heterocycles. The molecule has 1 aromatic rings. The summed E-state index contributed by atoms with van der Waals surface area (Å²) in [6, 6.07) is 7.74. The number of carbonyl (C=O) groups is 2. The van der Waals surface area contributed by atoms with Gasteiger partial charge in [-0.25, -0.2) is 0 Å². The predicted molar refractivity (Wildman–Crippen MR) is 90.1 cm³/mol. The van der Waals surface area contributed by atoms with Gasteiger partial charge in [-0.1, -0.05) is 31.5 Å². The molecule has 2 rings (SSSR count). The van der Waals surface area contributed by atoms with Gasteiger partial charge >= 0.3 is 0 Å². The number of carbonyl (C=O) groups excluding carboxylic acids is 2. The zero-order chi connectivity index (χ0) is 17.0. The highest BCUT2D eigenvalue weighted by Gasteiger charge is 2.37. The first-order chi connectivity index (χ1) is 10.9. The topological polar surface area (TPSA) is 69.6 Å². The van der Waals surface area contributed by atoms with Crippen LogP contribution < -0.4 is 10.2 Å². The summed E-state index contributed by atoms with van der Waals surface area (Å²) in [5.41, 5.74) is 1.98. The van der Waals surface area contributed by atoms with Crippen molar-refractivity contribution in [3.63, 3.8) is 0 Å². The molecule has 1 fully saturated rings. The highest BCUT2D eigenvalue weighted by Crippen LogP contribution is 2.25. The van der Waals surface area contributed by atoms with Crippen molar-refractivity contribution in [2.45, 2.75) is 39.7 Å². The zero-order valence-electron chi connectivity index (χ0n) is 14.1. The van der Waals surface area contributed by atoms with Gasteiger partial charge in [0.15, 0.2) is 0 Å². The molecule has 5 nitrogen and oxygen atoms in total. The number of aryl methyl sites for hydroxylation is 1. The van der Waals surface area contributed by atoms with Crippen LogP contribution in [0.3, 0.4) is 0 Å². The largest absolute Gasteiger partial charge is 0.393 e. The molecule has 2 unspecified atom stereocenters. The van der Waals surface area contributed by atoms with Gasteiger partial charge in [0.1, 0.15) is 5.92 Å². The van der Waals surface area contributed by atoms with Crippen LogP contribution in [0.4, 0.5) is 5.69 Å². The molecule has 0 radical (unpaired) electrons. The van der Waals surface area contributed by atoms with E-state index < -0.39 is 12.0 Å². The number of aliphatic hydroxyl groups excluding tert-OH is 1. The number of hydrogen-bond acceptors (Lipinski definition) is 3. The summed E-state index contributed by atoms with van der Waals surface area (Å²) >= 11 is 0. The van der Waals surface area contributed by atoms with E-state index >= 15 is 0 Å². The molecule has 0 saturated carbocycles. The minimum absolute atomic E-state index is 0.143. The Bertz CT molecular complexity index is 554. The van der Waals surface area contributed by atoms with E-state index in [2.05, 4.69) is 5.32 Å². The number of nitrogens with one attached hydrogen (secondary N) is 1. The van der Waals surface area contributed by atoms with Crippen LogP contribution in [0.5, 0.6) is 0 Å². The lowest BCUT2D eigenvalue weighted by Gasteiger charge is -2.17.